The molecule has 0 spiro atoms. The maximum atomic E-state index is 11.6. The molecule has 0 saturated heterocycles. The van der Waals surface area contributed by atoms with Gasteiger partial charge < -0.3 is 4.90 Å². The number of hydrogen-bond acceptors (Lipinski definition) is 2. The molecule has 0 atom stereocenters. The van der Waals surface area contributed by atoms with Gasteiger partial charge in [-0.2, -0.15) is 0 Å². The predicted molar refractivity (Wildman–Crippen MR) is 59.4 cm³/mol. The van der Waals surface area contributed by atoms with Crippen molar-refractivity contribution in [1.82, 2.24) is 4.90 Å². The molecule has 0 heterocycles. The van der Waals surface area contributed by atoms with E-state index in [2.05, 4.69) is 4.90 Å². The molecule has 0 aromatic rings. The van der Waals surface area contributed by atoms with Gasteiger partial charge in [0.15, 0.2) is 0 Å². The first-order valence-corrected chi connectivity index (χ1v) is 5.85. The lowest BCUT2D eigenvalue weighted by atomic mass is 9.85. The van der Waals surface area contributed by atoms with Crippen molar-refractivity contribution in [2.45, 2.75) is 44.9 Å². The summed E-state index contributed by atoms with van der Waals surface area (Å²) < 4.78 is 0. The van der Waals surface area contributed by atoms with Crippen LogP contribution < -0.4 is 0 Å². The van der Waals surface area contributed by atoms with Crippen LogP contribution in [-0.4, -0.2) is 31.3 Å². The van der Waals surface area contributed by atoms with Crippen LogP contribution in [0.15, 0.2) is 0 Å². The highest BCUT2D eigenvalue weighted by Crippen LogP contribution is 2.26. The normalized spacial score (nSPS) is 18.8. The molecule has 1 fully saturated rings. The van der Waals surface area contributed by atoms with Crippen LogP contribution in [0.4, 0.5) is 0 Å². The lowest BCUT2D eigenvalue weighted by Gasteiger charge is -2.20. The molecule has 2 nitrogen and oxygen atoms in total. The summed E-state index contributed by atoms with van der Waals surface area (Å²) in [7, 11) is 4.04. The largest absolute Gasteiger partial charge is 0.309 e. The molecule has 14 heavy (non-hydrogen) atoms. The second-order valence-electron chi connectivity index (χ2n) is 4.80. The summed E-state index contributed by atoms with van der Waals surface area (Å²) in [5.74, 6) is 1.17. The Morgan fingerprint density at radius 1 is 1.21 bits per heavy atom. The lowest BCUT2D eigenvalue weighted by molar-refractivity contribution is -0.120. The summed E-state index contributed by atoms with van der Waals surface area (Å²) in [6.07, 6.45) is 8.21. The fraction of sp³-hybridized carbons (Fsp3) is 0.917. The molecule has 0 radical (unpaired) electrons. The van der Waals surface area contributed by atoms with Crippen LogP contribution in [0.2, 0.25) is 0 Å². The van der Waals surface area contributed by atoms with E-state index in [0.29, 0.717) is 11.7 Å². The number of Topliss-reactive ketones (excluding diaryl/α,β-unsaturated/α-hetero) is 1. The Hall–Kier alpha value is -0.370. The van der Waals surface area contributed by atoms with E-state index < -0.39 is 0 Å². The summed E-state index contributed by atoms with van der Waals surface area (Å²) in [6.45, 7) is 0.908. The van der Waals surface area contributed by atoms with Gasteiger partial charge in [0, 0.05) is 19.4 Å². The van der Waals surface area contributed by atoms with E-state index in [-0.39, 0.29) is 0 Å². The Labute approximate surface area is 87.7 Å². The van der Waals surface area contributed by atoms with Crippen LogP contribution in [0, 0.1) is 5.92 Å². The Balaban J connectivity index is 2.12. The third-order valence-electron chi connectivity index (χ3n) is 3.08. The molecule has 0 N–H and O–H groups in total. The molecule has 1 saturated carbocycles. The van der Waals surface area contributed by atoms with Crippen molar-refractivity contribution in [3.63, 3.8) is 0 Å². The van der Waals surface area contributed by atoms with E-state index in [1.54, 1.807) is 0 Å². The van der Waals surface area contributed by atoms with Gasteiger partial charge in [-0.3, -0.25) is 4.79 Å². The maximum Gasteiger partial charge on any atom is 0.134 e. The van der Waals surface area contributed by atoms with Gasteiger partial charge in [-0.05, 0) is 20.0 Å². The zero-order valence-corrected chi connectivity index (χ0v) is 9.59. The maximum absolute atomic E-state index is 11.6. The zero-order valence-electron chi connectivity index (χ0n) is 9.59. The lowest BCUT2D eigenvalue weighted by Crippen LogP contribution is -2.19. The SMILES string of the molecule is CN(C)CCC(=O)CC1CCCCC1. The number of hydrogen-bond donors (Lipinski definition) is 0. The summed E-state index contributed by atoms with van der Waals surface area (Å²) in [5.41, 5.74) is 0. The third kappa shape index (κ3) is 4.75. The van der Waals surface area contributed by atoms with Crippen molar-refractivity contribution in [3.8, 4) is 0 Å². The Kier molecular flexibility index (Phi) is 5.16. The standard InChI is InChI=1S/C12H23NO/c1-13(2)9-8-12(14)10-11-6-4-3-5-7-11/h11H,3-10H2,1-2H3. The van der Waals surface area contributed by atoms with E-state index >= 15 is 0 Å². The predicted octanol–water partition coefficient (Wildman–Crippen LogP) is 2.48. The zero-order chi connectivity index (χ0) is 10.4. The number of ketones is 1. The number of carbonyl (C=O) groups is 1. The molecule has 1 aliphatic carbocycles. The van der Waals surface area contributed by atoms with Gasteiger partial charge in [-0.1, -0.05) is 32.1 Å². The van der Waals surface area contributed by atoms with Crippen molar-refractivity contribution >= 4 is 5.78 Å². The first-order chi connectivity index (χ1) is 6.68. The summed E-state index contributed by atoms with van der Waals surface area (Å²) >= 11 is 0. The average Bonchev–Trinajstić information content (AvgIpc) is 2.16. The van der Waals surface area contributed by atoms with Crippen molar-refractivity contribution in [2.24, 2.45) is 5.92 Å². The van der Waals surface area contributed by atoms with Crippen LogP contribution in [0.3, 0.4) is 0 Å². The molecule has 2 heteroatoms. The molecule has 0 aliphatic heterocycles. The molecular formula is C12H23NO. The van der Waals surface area contributed by atoms with Crippen molar-refractivity contribution in [3.05, 3.63) is 0 Å². The summed E-state index contributed by atoms with van der Waals surface area (Å²) in [4.78, 5) is 13.7. The van der Waals surface area contributed by atoms with Crippen LogP contribution in [0.25, 0.3) is 0 Å². The molecule has 82 valence electrons. The quantitative estimate of drug-likeness (QED) is 0.675. The van der Waals surface area contributed by atoms with Crippen molar-refractivity contribution < 1.29 is 4.79 Å². The van der Waals surface area contributed by atoms with Crippen molar-refractivity contribution in [2.75, 3.05) is 20.6 Å². The van der Waals surface area contributed by atoms with Gasteiger partial charge in [0.1, 0.15) is 5.78 Å². The molecule has 0 aromatic heterocycles. The minimum Gasteiger partial charge on any atom is -0.309 e. The smallest absolute Gasteiger partial charge is 0.134 e. The molecule has 0 unspecified atom stereocenters. The second-order valence-corrected chi connectivity index (χ2v) is 4.80. The van der Waals surface area contributed by atoms with Crippen LogP contribution in [0.1, 0.15) is 44.9 Å². The molecule has 0 aromatic carbocycles. The van der Waals surface area contributed by atoms with Crippen molar-refractivity contribution in [1.29, 1.82) is 0 Å². The third-order valence-corrected chi connectivity index (χ3v) is 3.08. The second kappa shape index (κ2) is 6.18. The molecule has 0 bridgehead atoms. The summed E-state index contributed by atoms with van der Waals surface area (Å²) in [6, 6.07) is 0. The first-order valence-electron chi connectivity index (χ1n) is 5.85. The Morgan fingerprint density at radius 3 is 2.43 bits per heavy atom. The average molecular weight is 197 g/mol. The number of carbonyl (C=O) groups excluding carboxylic acids is 1. The van der Waals surface area contributed by atoms with Crippen LogP contribution in [0.5, 0.6) is 0 Å². The van der Waals surface area contributed by atoms with E-state index in [0.717, 1.165) is 19.4 Å². The van der Waals surface area contributed by atoms with Gasteiger partial charge in [0.25, 0.3) is 0 Å². The highest BCUT2D eigenvalue weighted by Gasteiger charge is 2.16. The van der Waals surface area contributed by atoms with E-state index in [4.69, 9.17) is 0 Å². The van der Waals surface area contributed by atoms with Gasteiger partial charge in [-0.15, -0.1) is 0 Å². The van der Waals surface area contributed by atoms with E-state index in [1.807, 2.05) is 14.1 Å². The highest BCUT2D eigenvalue weighted by atomic mass is 16.1. The van der Waals surface area contributed by atoms with Gasteiger partial charge in [-0.25, -0.2) is 0 Å². The number of nitrogens with zero attached hydrogens (tertiary/aromatic N) is 1. The van der Waals surface area contributed by atoms with Gasteiger partial charge in [0.05, 0.1) is 0 Å². The van der Waals surface area contributed by atoms with E-state index in [9.17, 15) is 4.79 Å². The Morgan fingerprint density at radius 2 is 1.86 bits per heavy atom. The highest BCUT2D eigenvalue weighted by molar-refractivity contribution is 5.78. The molecule has 1 rings (SSSR count). The number of rotatable bonds is 5. The van der Waals surface area contributed by atoms with Crippen LogP contribution >= 0.6 is 0 Å². The van der Waals surface area contributed by atoms with E-state index in [1.165, 1.54) is 32.1 Å². The van der Waals surface area contributed by atoms with Gasteiger partial charge in [0.2, 0.25) is 0 Å². The fourth-order valence-corrected chi connectivity index (χ4v) is 2.16. The molecular weight excluding hydrogens is 174 g/mol. The Bertz CT molecular complexity index is 171. The summed E-state index contributed by atoms with van der Waals surface area (Å²) in [5, 5.41) is 0. The minimum atomic E-state index is 0.464. The monoisotopic (exact) mass is 197 g/mol. The molecule has 1 aliphatic rings. The minimum absolute atomic E-state index is 0.464. The van der Waals surface area contributed by atoms with Crippen LogP contribution in [-0.2, 0) is 4.79 Å². The fourth-order valence-electron chi connectivity index (χ4n) is 2.16. The molecule has 0 amide bonds. The topological polar surface area (TPSA) is 20.3 Å². The van der Waals surface area contributed by atoms with Gasteiger partial charge >= 0.3 is 0 Å². The first kappa shape index (κ1) is 11.7.